The summed E-state index contributed by atoms with van der Waals surface area (Å²) in [6, 6.07) is 8.59. The molecule has 0 saturated carbocycles. The summed E-state index contributed by atoms with van der Waals surface area (Å²) in [6.07, 6.45) is 2.27. The zero-order valence-corrected chi connectivity index (χ0v) is 15.2. The van der Waals surface area contributed by atoms with Gasteiger partial charge in [-0.1, -0.05) is 6.07 Å². The van der Waals surface area contributed by atoms with Crippen LogP contribution in [0.2, 0.25) is 0 Å². The van der Waals surface area contributed by atoms with Crippen LogP contribution in [-0.4, -0.2) is 32.1 Å². The molecule has 4 rings (SSSR count). The maximum Gasteiger partial charge on any atom is 0.254 e. The van der Waals surface area contributed by atoms with E-state index >= 15 is 0 Å². The summed E-state index contributed by atoms with van der Waals surface area (Å²) >= 11 is 0. The van der Waals surface area contributed by atoms with Gasteiger partial charge in [0.15, 0.2) is 11.6 Å². The molecule has 0 fully saturated rings. The Bertz CT molecular complexity index is 1020. The maximum atomic E-state index is 13.5. The van der Waals surface area contributed by atoms with Gasteiger partial charge in [0.25, 0.3) is 5.91 Å². The first-order chi connectivity index (χ1) is 13.5. The zero-order valence-electron chi connectivity index (χ0n) is 15.2. The minimum absolute atomic E-state index is 0.123. The molecule has 6 nitrogen and oxygen atoms in total. The molecule has 1 amide bonds. The lowest BCUT2D eigenvalue weighted by Crippen LogP contribution is -2.36. The number of halogens is 2. The average molecular weight is 384 g/mol. The van der Waals surface area contributed by atoms with Crippen molar-refractivity contribution < 1.29 is 18.3 Å². The number of benzene rings is 1. The van der Waals surface area contributed by atoms with E-state index in [2.05, 4.69) is 10.1 Å². The van der Waals surface area contributed by atoms with Gasteiger partial charge in [-0.2, -0.15) is 5.10 Å². The molecule has 0 unspecified atom stereocenters. The Balaban J connectivity index is 1.53. The molecule has 1 aromatic carbocycles. The molecule has 0 aliphatic carbocycles. The van der Waals surface area contributed by atoms with Gasteiger partial charge in [-0.15, -0.1) is 0 Å². The first kappa shape index (κ1) is 18.1. The van der Waals surface area contributed by atoms with Gasteiger partial charge in [0, 0.05) is 55.6 Å². The molecule has 8 heteroatoms. The largest absolute Gasteiger partial charge is 0.471 e. The van der Waals surface area contributed by atoms with Crippen LogP contribution in [0.4, 0.5) is 8.78 Å². The van der Waals surface area contributed by atoms with Crippen molar-refractivity contribution in [2.24, 2.45) is 7.05 Å². The SMILES string of the molecule is Cn1nc(COc2ccccn2)c2c1CCN(C(=O)c1ccc(F)c(F)c1)C2. The highest BCUT2D eigenvalue weighted by atomic mass is 19.2. The van der Waals surface area contributed by atoms with Gasteiger partial charge in [0.05, 0.1) is 0 Å². The van der Waals surface area contributed by atoms with Gasteiger partial charge in [-0.25, -0.2) is 13.8 Å². The molecule has 144 valence electrons. The van der Waals surface area contributed by atoms with E-state index in [0.29, 0.717) is 25.4 Å². The van der Waals surface area contributed by atoms with Crippen LogP contribution in [-0.2, 0) is 26.6 Å². The van der Waals surface area contributed by atoms with E-state index < -0.39 is 11.6 Å². The second kappa shape index (κ2) is 7.38. The Morgan fingerprint density at radius 2 is 2.07 bits per heavy atom. The van der Waals surface area contributed by atoms with Crippen LogP contribution in [0.15, 0.2) is 42.6 Å². The molecule has 1 aliphatic rings. The smallest absolute Gasteiger partial charge is 0.254 e. The quantitative estimate of drug-likeness (QED) is 0.694. The molecular weight excluding hydrogens is 366 g/mol. The fourth-order valence-electron chi connectivity index (χ4n) is 3.35. The monoisotopic (exact) mass is 384 g/mol. The number of ether oxygens (including phenoxy) is 1. The minimum atomic E-state index is -1.03. The fourth-order valence-corrected chi connectivity index (χ4v) is 3.35. The van der Waals surface area contributed by atoms with Gasteiger partial charge >= 0.3 is 0 Å². The van der Waals surface area contributed by atoms with Crippen LogP contribution in [0.1, 0.15) is 27.3 Å². The van der Waals surface area contributed by atoms with E-state index in [-0.39, 0.29) is 18.1 Å². The highest BCUT2D eigenvalue weighted by Crippen LogP contribution is 2.24. The van der Waals surface area contributed by atoms with Crippen LogP contribution in [0.5, 0.6) is 5.88 Å². The number of carbonyl (C=O) groups excluding carboxylic acids is 1. The van der Waals surface area contributed by atoms with Gasteiger partial charge in [-0.3, -0.25) is 9.48 Å². The van der Waals surface area contributed by atoms with E-state index in [1.807, 2.05) is 13.1 Å². The molecule has 28 heavy (non-hydrogen) atoms. The van der Waals surface area contributed by atoms with E-state index in [1.165, 1.54) is 6.07 Å². The van der Waals surface area contributed by atoms with Crippen LogP contribution in [0, 0.1) is 11.6 Å². The first-order valence-corrected chi connectivity index (χ1v) is 8.84. The zero-order chi connectivity index (χ0) is 19.7. The van der Waals surface area contributed by atoms with E-state index in [4.69, 9.17) is 4.74 Å². The summed E-state index contributed by atoms with van der Waals surface area (Å²) in [7, 11) is 1.86. The third kappa shape index (κ3) is 3.45. The van der Waals surface area contributed by atoms with E-state index in [1.54, 1.807) is 27.9 Å². The van der Waals surface area contributed by atoms with E-state index in [0.717, 1.165) is 29.1 Å². The van der Waals surface area contributed by atoms with Crippen molar-refractivity contribution >= 4 is 5.91 Å². The lowest BCUT2D eigenvalue weighted by Gasteiger charge is -2.28. The number of amides is 1. The van der Waals surface area contributed by atoms with Gasteiger partial charge < -0.3 is 9.64 Å². The Kier molecular flexibility index (Phi) is 4.77. The Morgan fingerprint density at radius 1 is 1.21 bits per heavy atom. The summed E-state index contributed by atoms with van der Waals surface area (Å²) in [5, 5.41) is 4.52. The summed E-state index contributed by atoms with van der Waals surface area (Å²) in [6.45, 7) is 1.04. The van der Waals surface area contributed by atoms with Crippen LogP contribution in [0.25, 0.3) is 0 Å². The Hall–Kier alpha value is -3.29. The maximum absolute atomic E-state index is 13.5. The molecule has 3 aromatic rings. The molecule has 3 heterocycles. The topological polar surface area (TPSA) is 60.2 Å². The Labute approximate surface area is 160 Å². The van der Waals surface area contributed by atoms with Crippen LogP contribution < -0.4 is 4.74 Å². The highest BCUT2D eigenvalue weighted by molar-refractivity contribution is 5.94. The summed E-state index contributed by atoms with van der Waals surface area (Å²) in [4.78, 5) is 18.5. The highest BCUT2D eigenvalue weighted by Gasteiger charge is 2.27. The number of aromatic nitrogens is 3. The molecule has 0 saturated heterocycles. The second-order valence-corrected chi connectivity index (χ2v) is 6.56. The number of carbonyl (C=O) groups is 1. The normalized spacial score (nSPS) is 13.3. The first-order valence-electron chi connectivity index (χ1n) is 8.84. The standard InChI is InChI=1S/C20H18F2N4O2/c1-25-18-7-9-26(20(27)13-5-6-15(21)16(22)10-13)11-14(18)17(24-25)12-28-19-4-2-3-8-23-19/h2-6,8,10H,7,9,11-12H2,1H3. The molecule has 2 aromatic heterocycles. The van der Waals surface area contributed by atoms with Gasteiger partial charge in [0.2, 0.25) is 5.88 Å². The van der Waals surface area contributed by atoms with E-state index in [9.17, 15) is 13.6 Å². The Morgan fingerprint density at radius 3 is 2.82 bits per heavy atom. The van der Waals surface area contributed by atoms with Gasteiger partial charge in [0.1, 0.15) is 12.3 Å². The minimum Gasteiger partial charge on any atom is -0.471 e. The predicted molar refractivity (Wildman–Crippen MR) is 96.6 cm³/mol. The lowest BCUT2D eigenvalue weighted by atomic mass is 10.0. The molecule has 0 N–H and O–H groups in total. The van der Waals surface area contributed by atoms with Crippen molar-refractivity contribution in [1.29, 1.82) is 0 Å². The fraction of sp³-hybridized carbons (Fsp3) is 0.250. The summed E-state index contributed by atoms with van der Waals surface area (Å²) < 4.78 is 34.1. The molecule has 1 aliphatic heterocycles. The number of aryl methyl sites for hydroxylation is 1. The van der Waals surface area contributed by atoms with Crippen molar-refractivity contribution in [3.63, 3.8) is 0 Å². The molecule has 0 radical (unpaired) electrons. The predicted octanol–water partition coefficient (Wildman–Crippen LogP) is 2.87. The van der Waals surface area contributed by atoms with Crippen molar-refractivity contribution in [3.05, 3.63) is 76.7 Å². The third-order valence-corrected chi connectivity index (χ3v) is 4.77. The van der Waals surface area contributed by atoms with Gasteiger partial charge in [-0.05, 0) is 24.3 Å². The average Bonchev–Trinajstić information content (AvgIpc) is 3.04. The second-order valence-electron chi connectivity index (χ2n) is 6.56. The van der Waals surface area contributed by atoms with Crippen LogP contribution in [0.3, 0.4) is 0 Å². The van der Waals surface area contributed by atoms with Crippen molar-refractivity contribution in [1.82, 2.24) is 19.7 Å². The molecular formula is C20H18F2N4O2. The third-order valence-electron chi connectivity index (χ3n) is 4.77. The molecule has 0 bridgehead atoms. The molecule has 0 atom stereocenters. The van der Waals surface area contributed by atoms with Crippen molar-refractivity contribution in [2.45, 2.75) is 19.6 Å². The molecule has 0 spiro atoms. The summed E-state index contributed by atoms with van der Waals surface area (Å²) in [5.41, 5.74) is 2.80. The lowest BCUT2D eigenvalue weighted by molar-refractivity contribution is 0.0731. The number of rotatable bonds is 4. The summed E-state index contributed by atoms with van der Waals surface area (Å²) in [5.74, 6) is -1.86. The number of hydrogen-bond acceptors (Lipinski definition) is 4. The van der Waals surface area contributed by atoms with Crippen molar-refractivity contribution in [2.75, 3.05) is 6.54 Å². The number of hydrogen-bond donors (Lipinski definition) is 0. The number of pyridine rings is 1. The number of nitrogens with zero attached hydrogens (tertiary/aromatic N) is 4. The van der Waals surface area contributed by atoms with Crippen molar-refractivity contribution in [3.8, 4) is 5.88 Å². The van der Waals surface area contributed by atoms with Crippen LogP contribution >= 0.6 is 0 Å². The number of fused-ring (bicyclic) bond motifs is 1.